The molecule has 210 valence electrons. The van der Waals surface area contributed by atoms with E-state index in [-0.39, 0.29) is 23.9 Å². The van der Waals surface area contributed by atoms with E-state index >= 15 is 0 Å². The van der Waals surface area contributed by atoms with Crippen LogP contribution in [-0.4, -0.2) is 49.7 Å². The number of amides is 1. The van der Waals surface area contributed by atoms with E-state index in [9.17, 15) is 9.59 Å². The molecule has 7 heteroatoms. The van der Waals surface area contributed by atoms with Gasteiger partial charge >= 0.3 is 5.97 Å². The minimum Gasteiger partial charge on any atom is -0.492 e. The zero-order valence-corrected chi connectivity index (χ0v) is 23.7. The van der Waals surface area contributed by atoms with Gasteiger partial charge in [0.1, 0.15) is 30.0 Å². The van der Waals surface area contributed by atoms with Gasteiger partial charge in [0.15, 0.2) is 0 Å². The predicted octanol–water partition coefficient (Wildman–Crippen LogP) is 5.98. The number of benzene rings is 3. The van der Waals surface area contributed by atoms with Crippen LogP contribution in [0.25, 0.3) is 11.1 Å². The van der Waals surface area contributed by atoms with E-state index in [4.69, 9.17) is 18.9 Å². The van der Waals surface area contributed by atoms with Crippen molar-refractivity contribution in [2.45, 2.75) is 58.7 Å². The van der Waals surface area contributed by atoms with Crippen molar-refractivity contribution in [3.8, 4) is 28.4 Å². The molecule has 2 aliphatic heterocycles. The summed E-state index contributed by atoms with van der Waals surface area (Å²) in [5.74, 6) is 2.28. The molecule has 0 N–H and O–H groups in total. The standard InChI is InChI=1S/C33H37NO6/c1-21-14-29(40-27-10-12-34(13-11-27)23(3)35)15-22(2)33(21)25-7-5-6-24(16-25)19-38-28-8-9-30-26(17-32(36)37-4)20-39-31(30)18-28/h5-9,14-16,18,26-27H,10-13,17,19-20H2,1-4H3/t26-/m1/s1. The van der Waals surface area contributed by atoms with Crippen LogP contribution < -0.4 is 14.2 Å². The lowest BCUT2D eigenvalue weighted by Gasteiger charge is -2.31. The van der Waals surface area contributed by atoms with E-state index in [0.29, 0.717) is 19.6 Å². The lowest BCUT2D eigenvalue weighted by Crippen LogP contribution is -2.40. The number of hydrogen-bond donors (Lipinski definition) is 0. The maximum Gasteiger partial charge on any atom is 0.306 e. The van der Waals surface area contributed by atoms with Gasteiger partial charge < -0.3 is 23.8 Å². The van der Waals surface area contributed by atoms with E-state index in [1.807, 2.05) is 23.1 Å². The molecule has 1 amide bonds. The molecule has 0 radical (unpaired) electrons. The Morgan fingerprint density at radius 2 is 1.73 bits per heavy atom. The summed E-state index contributed by atoms with van der Waals surface area (Å²) in [7, 11) is 1.40. The van der Waals surface area contributed by atoms with Gasteiger partial charge in [0.25, 0.3) is 0 Å². The van der Waals surface area contributed by atoms with Crippen molar-refractivity contribution in [1.82, 2.24) is 4.90 Å². The van der Waals surface area contributed by atoms with Crippen molar-refractivity contribution in [3.05, 3.63) is 76.9 Å². The smallest absolute Gasteiger partial charge is 0.306 e. The number of carbonyl (C=O) groups is 2. The van der Waals surface area contributed by atoms with Gasteiger partial charge in [-0.2, -0.15) is 0 Å². The van der Waals surface area contributed by atoms with Crippen molar-refractivity contribution in [2.24, 2.45) is 0 Å². The minimum atomic E-state index is -0.235. The number of nitrogens with zero attached hydrogens (tertiary/aromatic N) is 1. The van der Waals surface area contributed by atoms with Gasteiger partial charge in [0.2, 0.25) is 5.91 Å². The Labute approximate surface area is 236 Å². The van der Waals surface area contributed by atoms with Crippen LogP contribution in [-0.2, 0) is 20.9 Å². The second-order valence-corrected chi connectivity index (χ2v) is 10.7. The number of fused-ring (bicyclic) bond motifs is 1. The summed E-state index contributed by atoms with van der Waals surface area (Å²) in [5.41, 5.74) is 6.74. The maximum atomic E-state index is 11.7. The van der Waals surface area contributed by atoms with Crippen LogP contribution in [0.1, 0.15) is 54.4 Å². The molecule has 0 bridgehead atoms. The van der Waals surface area contributed by atoms with E-state index in [1.165, 1.54) is 12.7 Å². The SMILES string of the molecule is COC(=O)C[C@@H]1COc2cc(OCc3cccc(-c4c(C)cc(OC5CCN(C(C)=O)CC5)cc4C)c3)ccc21. The highest BCUT2D eigenvalue weighted by atomic mass is 16.5. The molecule has 1 atom stereocenters. The van der Waals surface area contributed by atoms with E-state index in [2.05, 4.69) is 50.2 Å². The van der Waals surface area contributed by atoms with Crippen molar-refractivity contribution < 1.29 is 28.5 Å². The third-order valence-electron chi connectivity index (χ3n) is 7.82. The largest absolute Gasteiger partial charge is 0.492 e. The Bertz CT molecular complexity index is 1370. The van der Waals surface area contributed by atoms with Crippen LogP contribution in [0, 0.1) is 13.8 Å². The molecular weight excluding hydrogens is 506 g/mol. The van der Waals surface area contributed by atoms with E-state index in [1.54, 1.807) is 6.92 Å². The molecule has 2 aliphatic rings. The Balaban J connectivity index is 1.23. The average molecular weight is 544 g/mol. The third-order valence-corrected chi connectivity index (χ3v) is 7.82. The first-order chi connectivity index (χ1) is 19.3. The fraction of sp³-hybridized carbons (Fsp3) is 0.394. The van der Waals surface area contributed by atoms with Gasteiger partial charge in [-0.15, -0.1) is 0 Å². The number of likely N-dealkylation sites (tertiary alicyclic amines) is 1. The molecule has 5 rings (SSSR count). The first-order valence-corrected chi connectivity index (χ1v) is 13.9. The van der Waals surface area contributed by atoms with E-state index < -0.39 is 0 Å². The Hall–Kier alpha value is -4.00. The third kappa shape index (κ3) is 6.24. The number of hydrogen-bond acceptors (Lipinski definition) is 6. The average Bonchev–Trinajstić information content (AvgIpc) is 3.33. The van der Waals surface area contributed by atoms with Crippen LogP contribution in [0.5, 0.6) is 17.2 Å². The van der Waals surface area contributed by atoms with Crippen molar-refractivity contribution in [3.63, 3.8) is 0 Å². The number of piperidine rings is 1. The summed E-state index contributed by atoms with van der Waals surface area (Å²) in [4.78, 5) is 25.2. The summed E-state index contributed by atoms with van der Waals surface area (Å²) in [6, 6.07) is 18.4. The highest BCUT2D eigenvalue weighted by Gasteiger charge is 2.27. The lowest BCUT2D eigenvalue weighted by molar-refractivity contribution is -0.141. The molecule has 0 unspecified atom stereocenters. The lowest BCUT2D eigenvalue weighted by atomic mass is 9.94. The van der Waals surface area contributed by atoms with Gasteiger partial charge in [-0.05, 0) is 65.9 Å². The van der Waals surface area contributed by atoms with Crippen LogP contribution in [0.2, 0.25) is 0 Å². The molecular formula is C33H37NO6. The summed E-state index contributed by atoms with van der Waals surface area (Å²) >= 11 is 0. The zero-order chi connectivity index (χ0) is 28.2. The number of ether oxygens (including phenoxy) is 4. The highest BCUT2D eigenvalue weighted by Crippen LogP contribution is 2.39. The molecule has 3 aromatic rings. The number of rotatable bonds is 8. The first kappa shape index (κ1) is 27.6. The molecule has 0 spiro atoms. The van der Waals surface area contributed by atoms with Gasteiger partial charge in [0, 0.05) is 50.4 Å². The molecule has 0 aromatic heterocycles. The molecule has 40 heavy (non-hydrogen) atoms. The Kier molecular flexibility index (Phi) is 8.29. The van der Waals surface area contributed by atoms with Crippen molar-refractivity contribution in [1.29, 1.82) is 0 Å². The number of methoxy groups -OCH3 is 1. The monoisotopic (exact) mass is 543 g/mol. The van der Waals surface area contributed by atoms with Gasteiger partial charge in [-0.25, -0.2) is 0 Å². The Morgan fingerprint density at radius 1 is 0.975 bits per heavy atom. The molecule has 2 heterocycles. The molecule has 7 nitrogen and oxygen atoms in total. The minimum absolute atomic E-state index is 0.0104. The molecule has 1 saturated heterocycles. The highest BCUT2D eigenvalue weighted by molar-refractivity contribution is 5.74. The number of carbonyl (C=O) groups excluding carboxylic acids is 2. The number of esters is 1. The van der Waals surface area contributed by atoms with E-state index in [0.717, 1.165) is 71.0 Å². The van der Waals surface area contributed by atoms with Crippen LogP contribution in [0.15, 0.2) is 54.6 Å². The van der Waals surface area contributed by atoms with Crippen molar-refractivity contribution in [2.75, 3.05) is 26.8 Å². The molecule has 0 saturated carbocycles. The van der Waals surface area contributed by atoms with Crippen LogP contribution in [0.3, 0.4) is 0 Å². The quantitative estimate of drug-likeness (QED) is 0.326. The topological polar surface area (TPSA) is 74.3 Å². The van der Waals surface area contributed by atoms with Crippen LogP contribution in [0.4, 0.5) is 0 Å². The second-order valence-electron chi connectivity index (χ2n) is 10.7. The van der Waals surface area contributed by atoms with Gasteiger partial charge in [-0.1, -0.05) is 24.3 Å². The Morgan fingerprint density at radius 3 is 2.42 bits per heavy atom. The maximum absolute atomic E-state index is 11.7. The van der Waals surface area contributed by atoms with Gasteiger partial charge in [0.05, 0.1) is 20.1 Å². The summed E-state index contributed by atoms with van der Waals surface area (Å²) in [6.07, 6.45) is 2.14. The fourth-order valence-corrected chi connectivity index (χ4v) is 5.71. The molecule has 0 aliphatic carbocycles. The molecule has 3 aromatic carbocycles. The summed E-state index contributed by atoms with van der Waals surface area (Å²) < 4.78 is 23.1. The second kappa shape index (κ2) is 12.0. The fourth-order valence-electron chi connectivity index (χ4n) is 5.71. The summed E-state index contributed by atoms with van der Waals surface area (Å²) in [6.45, 7) is 8.26. The van der Waals surface area contributed by atoms with Crippen LogP contribution >= 0.6 is 0 Å². The van der Waals surface area contributed by atoms with Crippen molar-refractivity contribution >= 4 is 11.9 Å². The van der Waals surface area contributed by atoms with Gasteiger partial charge in [-0.3, -0.25) is 9.59 Å². The zero-order valence-electron chi connectivity index (χ0n) is 23.7. The number of aryl methyl sites for hydroxylation is 2. The first-order valence-electron chi connectivity index (χ1n) is 13.9. The normalized spacial score (nSPS) is 16.7. The molecule has 1 fully saturated rings. The summed E-state index contributed by atoms with van der Waals surface area (Å²) in [5, 5.41) is 0. The predicted molar refractivity (Wildman–Crippen MR) is 153 cm³/mol.